The number of unbranched alkanes of at least 4 members (excludes halogenated alkanes) is 2. The summed E-state index contributed by atoms with van der Waals surface area (Å²) in [5, 5.41) is 1.48. The van der Waals surface area contributed by atoms with Crippen molar-refractivity contribution in [3.8, 4) is 16.9 Å². The highest BCUT2D eigenvalue weighted by Gasteiger charge is 2.10. The highest BCUT2D eigenvalue weighted by Crippen LogP contribution is 2.31. The molecule has 0 heterocycles. The molecular formula is C22H23FO. The summed E-state index contributed by atoms with van der Waals surface area (Å²) in [6.45, 7) is 2.21. The van der Waals surface area contributed by atoms with E-state index < -0.39 is 0 Å². The monoisotopic (exact) mass is 322 g/mol. The van der Waals surface area contributed by atoms with Crippen molar-refractivity contribution in [1.82, 2.24) is 0 Å². The van der Waals surface area contributed by atoms with Gasteiger partial charge in [-0.25, -0.2) is 4.39 Å². The molecule has 0 unspecified atom stereocenters. The molecule has 1 nitrogen and oxygen atoms in total. The second-order valence-electron chi connectivity index (χ2n) is 6.17. The van der Waals surface area contributed by atoms with Gasteiger partial charge in [-0.2, -0.15) is 0 Å². The Balaban J connectivity index is 1.90. The van der Waals surface area contributed by atoms with Crippen LogP contribution in [0.4, 0.5) is 4.39 Å². The SMILES string of the molecule is CCCCCc1ccc(-c2ccc3cc(OC)ccc3c2F)cc1. The number of halogens is 1. The lowest BCUT2D eigenvalue weighted by Crippen LogP contribution is -1.90. The predicted octanol–water partition coefficient (Wildman–Crippen LogP) is 6.39. The third kappa shape index (κ3) is 3.43. The molecule has 3 rings (SSSR count). The molecule has 0 spiro atoms. The van der Waals surface area contributed by atoms with Crippen LogP contribution in [0.25, 0.3) is 21.9 Å². The van der Waals surface area contributed by atoms with Gasteiger partial charge in [0.2, 0.25) is 0 Å². The van der Waals surface area contributed by atoms with Gasteiger partial charge in [0.25, 0.3) is 0 Å². The summed E-state index contributed by atoms with van der Waals surface area (Å²) in [6.07, 6.45) is 4.78. The molecule has 0 aliphatic heterocycles. The normalized spacial score (nSPS) is 11.0. The summed E-state index contributed by atoms with van der Waals surface area (Å²) < 4.78 is 20.1. The number of aryl methyl sites for hydroxylation is 1. The van der Waals surface area contributed by atoms with E-state index in [0.717, 1.165) is 23.1 Å². The van der Waals surface area contributed by atoms with E-state index in [0.29, 0.717) is 10.9 Å². The molecule has 24 heavy (non-hydrogen) atoms. The zero-order valence-corrected chi connectivity index (χ0v) is 14.3. The number of ether oxygens (including phenoxy) is 1. The Bertz CT molecular complexity index is 821. The van der Waals surface area contributed by atoms with Crippen molar-refractivity contribution in [3.05, 3.63) is 66.0 Å². The lowest BCUT2D eigenvalue weighted by Gasteiger charge is -2.09. The fourth-order valence-corrected chi connectivity index (χ4v) is 3.05. The molecule has 0 aliphatic carbocycles. The first-order valence-corrected chi connectivity index (χ1v) is 8.58. The summed E-state index contributed by atoms with van der Waals surface area (Å²) in [4.78, 5) is 0. The van der Waals surface area contributed by atoms with Crippen molar-refractivity contribution in [3.63, 3.8) is 0 Å². The van der Waals surface area contributed by atoms with Crippen molar-refractivity contribution < 1.29 is 9.13 Å². The summed E-state index contributed by atoms with van der Waals surface area (Å²) in [5.41, 5.74) is 2.88. The number of benzene rings is 3. The average Bonchev–Trinajstić information content (AvgIpc) is 2.63. The maximum Gasteiger partial charge on any atom is 0.138 e. The summed E-state index contributed by atoms with van der Waals surface area (Å²) in [7, 11) is 1.62. The van der Waals surface area contributed by atoms with Gasteiger partial charge in [-0.1, -0.05) is 56.2 Å². The van der Waals surface area contributed by atoms with E-state index in [1.165, 1.54) is 24.8 Å². The minimum Gasteiger partial charge on any atom is -0.497 e. The summed E-state index contributed by atoms with van der Waals surface area (Å²) >= 11 is 0. The molecule has 0 radical (unpaired) electrons. The van der Waals surface area contributed by atoms with E-state index in [2.05, 4.69) is 19.1 Å². The molecule has 0 N–H and O–H groups in total. The van der Waals surface area contributed by atoms with Crippen LogP contribution in [0.5, 0.6) is 5.75 Å². The van der Waals surface area contributed by atoms with Crippen LogP contribution in [0.1, 0.15) is 31.7 Å². The van der Waals surface area contributed by atoms with Gasteiger partial charge in [-0.3, -0.25) is 0 Å². The van der Waals surface area contributed by atoms with Crippen LogP contribution in [0.2, 0.25) is 0 Å². The first-order valence-electron chi connectivity index (χ1n) is 8.58. The average molecular weight is 322 g/mol. The largest absolute Gasteiger partial charge is 0.497 e. The Hall–Kier alpha value is -2.35. The zero-order chi connectivity index (χ0) is 16.9. The molecule has 0 aliphatic rings. The molecule has 0 saturated heterocycles. The van der Waals surface area contributed by atoms with E-state index in [4.69, 9.17) is 4.74 Å². The van der Waals surface area contributed by atoms with Gasteiger partial charge in [-0.15, -0.1) is 0 Å². The van der Waals surface area contributed by atoms with Gasteiger partial charge >= 0.3 is 0 Å². The Kier molecular flexibility index (Phi) is 5.14. The number of fused-ring (bicyclic) bond motifs is 1. The Morgan fingerprint density at radius 3 is 2.42 bits per heavy atom. The van der Waals surface area contributed by atoms with Crippen LogP contribution in [0.15, 0.2) is 54.6 Å². The summed E-state index contributed by atoms with van der Waals surface area (Å²) in [5.74, 6) is 0.569. The molecule has 2 heteroatoms. The Labute approximate surface area is 143 Å². The zero-order valence-electron chi connectivity index (χ0n) is 14.3. The minimum atomic E-state index is -0.172. The van der Waals surface area contributed by atoms with E-state index in [-0.39, 0.29) is 5.82 Å². The second kappa shape index (κ2) is 7.48. The molecule has 0 atom stereocenters. The van der Waals surface area contributed by atoms with Gasteiger partial charge < -0.3 is 4.74 Å². The molecule has 0 bridgehead atoms. The van der Waals surface area contributed by atoms with Crippen LogP contribution < -0.4 is 4.74 Å². The molecule has 3 aromatic rings. The fraction of sp³-hybridized carbons (Fsp3) is 0.273. The van der Waals surface area contributed by atoms with Crippen molar-refractivity contribution >= 4 is 10.8 Å². The fourth-order valence-electron chi connectivity index (χ4n) is 3.05. The predicted molar refractivity (Wildman–Crippen MR) is 99.1 cm³/mol. The molecule has 3 aromatic carbocycles. The summed E-state index contributed by atoms with van der Waals surface area (Å²) in [6, 6.07) is 17.5. The van der Waals surface area contributed by atoms with E-state index in [9.17, 15) is 4.39 Å². The van der Waals surface area contributed by atoms with Gasteiger partial charge in [0.15, 0.2) is 0 Å². The van der Waals surface area contributed by atoms with Crippen molar-refractivity contribution in [1.29, 1.82) is 0 Å². The quantitative estimate of drug-likeness (QED) is 0.478. The van der Waals surface area contributed by atoms with E-state index >= 15 is 0 Å². The molecule has 0 amide bonds. The molecular weight excluding hydrogens is 299 g/mol. The van der Waals surface area contributed by atoms with Crippen LogP contribution in [0, 0.1) is 5.82 Å². The molecule has 0 saturated carbocycles. The maximum atomic E-state index is 14.9. The third-order valence-electron chi connectivity index (χ3n) is 4.50. The molecule has 0 aromatic heterocycles. The second-order valence-corrected chi connectivity index (χ2v) is 6.17. The molecule has 0 fully saturated rings. The standard InChI is InChI=1S/C22H23FO/c1-3-4-5-6-16-7-9-17(10-8-16)20-13-11-18-15-19(24-2)12-14-21(18)22(20)23/h7-15H,3-6H2,1-2H3. The van der Waals surface area contributed by atoms with Crippen LogP contribution in [-0.2, 0) is 6.42 Å². The van der Waals surface area contributed by atoms with E-state index in [1.54, 1.807) is 19.2 Å². The van der Waals surface area contributed by atoms with Gasteiger partial charge in [-0.05, 0) is 47.6 Å². The number of rotatable bonds is 6. The smallest absolute Gasteiger partial charge is 0.138 e. The Morgan fingerprint density at radius 2 is 1.71 bits per heavy atom. The topological polar surface area (TPSA) is 9.23 Å². The first-order chi connectivity index (χ1) is 11.7. The van der Waals surface area contributed by atoms with Gasteiger partial charge in [0.05, 0.1) is 7.11 Å². The number of methoxy groups -OCH3 is 1. The Morgan fingerprint density at radius 1 is 0.917 bits per heavy atom. The highest BCUT2D eigenvalue weighted by atomic mass is 19.1. The van der Waals surface area contributed by atoms with Gasteiger partial charge in [0.1, 0.15) is 11.6 Å². The number of hydrogen-bond donors (Lipinski definition) is 0. The number of hydrogen-bond acceptors (Lipinski definition) is 1. The van der Waals surface area contributed by atoms with Crippen molar-refractivity contribution in [2.75, 3.05) is 7.11 Å². The van der Waals surface area contributed by atoms with Crippen LogP contribution >= 0.6 is 0 Å². The van der Waals surface area contributed by atoms with Gasteiger partial charge in [0, 0.05) is 10.9 Å². The van der Waals surface area contributed by atoms with Crippen molar-refractivity contribution in [2.45, 2.75) is 32.6 Å². The lowest BCUT2D eigenvalue weighted by atomic mass is 9.98. The lowest BCUT2D eigenvalue weighted by molar-refractivity contribution is 0.415. The van der Waals surface area contributed by atoms with Crippen LogP contribution in [-0.4, -0.2) is 7.11 Å². The molecule has 124 valence electrons. The van der Waals surface area contributed by atoms with Crippen LogP contribution in [0.3, 0.4) is 0 Å². The van der Waals surface area contributed by atoms with E-state index in [1.807, 2.05) is 30.3 Å². The maximum absolute atomic E-state index is 14.9. The van der Waals surface area contributed by atoms with Crippen molar-refractivity contribution in [2.24, 2.45) is 0 Å². The highest BCUT2D eigenvalue weighted by molar-refractivity contribution is 5.89. The first kappa shape index (κ1) is 16.5. The third-order valence-corrected chi connectivity index (χ3v) is 4.50. The minimum absolute atomic E-state index is 0.172.